The molecule has 2 heteroatoms. The van der Waals surface area contributed by atoms with Crippen LogP contribution in [0.25, 0.3) is 0 Å². The van der Waals surface area contributed by atoms with Gasteiger partial charge in [-0.05, 0) is 44.7 Å². The number of aryl methyl sites for hydroxylation is 2. The van der Waals surface area contributed by atoms with Crippen LogP contribution in [-0.2, 0) is 6.42 Å². The van der Waals surface area contributed by atoms with Crippen molar-refractivity contribution >= 4 is 0 Å². The Labute approximate surface area is 97.7 Å². The highest BCUT2D eigenvalue weighted by molar-refractivity contribution is 5.22. The molecule has 2 nitrogen and oxygen atoms in total. The van der Waals surface area contributed by atoms with Crippen molar-refractivity contribution in [2.45, 2.75) is 38.2 Å². The fraction of sp³-hybridized carbons (Fsp3) is 0.571. The summed E-state index contributed by atoms with van der Waals surface area (Å²) in [6, 6.07) is 8.56. The number of hydrogen-bond acceptors (Lipinski definition) is 2. The van der Waals surface area contributed by atoms with Crippen molar-refractivity contribution in [3.05, 3.63) is 35.4 Å². The molecule has 1 aliphatic rings. The quantitative estimate of drug-likeness (QED) is 0.815. The van der Waals surface area contributed by atoms with E-state index in [1.54, 1.807) is 0 Å². The highest BCUT2D eigenvalue weighted by Crippen LogP contribution is 2.22. The standard InChI is InChI=1S/C14H21NO/c1-12-4-2-5-13(10-12)6-8-14(16)7-3-9-15-11-14/h2,4-5,10,15-16H,3,6-9,11H2,1H3. The van der Waals surface area contributed by atoms with Gasteiger partial charge in [-0.15, -0.1) is 0 Å². The van der Waals surface area contributed by atoms with E-state index in [2.05, 4.69) is 36.5 Å². The summed E-state index contributed by atoms with van der Waals surface area (Å²) in [4.78, 5) is 0. The first-order chi connectivity index (χ1) is 7.68. The summed E-state index contributed by atoms with van der Waals surface area (Å²) in [6.07, 6.45) is 3.86. The molecular weight excluding hydrogens is 198 g/mol. The Balaban J connectivity index is 1.91. The normalized spacial score (nSPS) is 25.6. The van der Waals surface area contributed by atoms with Crippen molar-refractivity contribution < 1.29 is 5.11 Å². The van der Waals surface area contributed by atoms with Crippen LogP contribution in [0.5, 0.6) is 0 Å². The first-order valence-electron chi connectivity index (χ1n) is 6.17. The monoisotopic (exact) mass is 219 g/mol. The van der Waals surface area contributed by atoms with Gasteiger partial charge in [0.1, 0.15) is 0 Å². The van der Waals surface area contributed by atoms with Crippen molar-refractivity contribution in [1.29, 1.82) is 0 Å². The number of β-amino-alcohol motifs (C(OH)–C–C–N with tert-alkyl or cyclic N) is 1. The van der Waals surface area contributed by atoms with Crippen molar-refractivity contribution in [1.82, 2.24) is 5.32 Å². The highest BCUT2D eigenvalue weighted by atomic mass is 16.3. The maximum atomic E-state index is 10.3. The van der Waals surface area contributed by atoms with Crippen LogP contribution in [0.3, 0.4) is 0 Å². The third-order valence-electron chi connectivity index (χ3n) is 3.41. The third-order valence-corrected chi connectivity index (χ3v) is 3.41. The topological polar surface area (TPSA) is 32.3 Å². The van der Waals surface area contributed by atoms with Crippen LogP contribution < -0.4 is 5.32 Å². The molecule has 1 heterocycles. The first-order valence-corrected chi connectivity index (χ1v) is 6.17. The minimum atomic E-state index is -0.484. The van der Waals surface area contributed by atoms with Gasteiger partial charge in [0.2, 0.25) is 0 Å². The molecule has 1 aromatic carbocycles. The Kier molecular flexibility index (Phi) is 3.62. The van der Waals surface area contributed by atoms with E-state index in [9.17, 15) is 5.11 Å². The lowest BCUT2D eigenvalue weighted by molar-refractivity contribution is 0.00888. The zero-order valence-electron chi connectivity index (χ0n) is 10.00. The predicted molar refractivity (Wildman–Crippen MR) is 66.6 cm³/mol. The fourth-order valence-corrected chi connectivity index (χ4v) is 2.41. The molecule has 0 aromatic heterocycles. The molecule has 0 spiro atoms. The van der Waals surface area contributed by atoms with E-state index >= 15 is 0 Å². The molecule has 0 bridgehead atoms. The summed E-state index contributed by atoms with van der Waals surface area (Å²) >= 11 is 0. The van der Waals surface area contributed by atoms with E-state index in [0.29, 0.717) is 0 Å². The SMILES string of the molecule is Cc1cccc(CCC2(O)CCCNC2)c1. The van der Waals surface area contributed by atoms with Gasteiger partial charge in [-0.25, -0.2) is 0 Å². The molecule has 2 N–H and O–H groups in total. The largest absolute Gasteiger partial charge is 0.389 e. The van der Waals surface area contributed by atoms with E-state index in [1.807, 2.05) is 0 Å². The number of piperidine rings is 1. The molecule has 2 rings (SSSR count). The second-order valence-corrected chi connectivity index (χ2v) is 4.99. The molecule has 16 heavy (non-hydrogen) atoms. The Bertz CT molecular complexity index is 342. The van der Waals surface area contributed by atoms with E-state index in [1.165, 1.54) is 11.1 Å². The number of hydrogen-bond donors (Lipinski definition) is 2. The van der Waals surface area contributed by atoms with Gasteiger partial charge in [0.05, 0.1) is 5.60 Å². The van der Waals surface area contributed by atoms with E-state index in [-0.39, 0.29) is 0 Å². The van der Waals surface area contributed by atoms with Crippen LogP contribution in [0.15, 0.2) is 24.3 Å². The van der Waals surface area contributed by atoms with Gasteiger partial charge in [-0.2, -0.15) is 0 Å². The van der Waals surface area contributed by atoms with E-state index in [4.69, 9.17) is 0 Å². The molecule has 1 fully saturated rings. The Hall–Kier alpha value is -0.860. The van der Waals surface area contributed by atoms with Gasteiger partial charge in [-0.1, -0.05) is 29.8 Å². The Morgan fingerprint density at radius 1 is 1.44 bits per heavy atom. The zero-order valence-corrected chi connectivity index (χ0v) is 10.00. The number of aliphatic hydroxyl groups is 1. The average molecular weight is 219 g/mol. The summed E-state index contributed by atoms with van der Waals surface area (Å²) in [5, 5.41) is 13.6. The van der Waals surface area contributed by atoms with Crippen molar-refractivity contribution in [3.63, 3.8) is 0 Å². The summed E-state index contributed by atoms with van der Waals surface area (Å²) in [5.74, 6) is 0. The number of rotatable bonds is 3. The molecule has 1 atom stereocenters. The molecule has 88 valence electrons. The highest BCUT2D eigenvalue weighted by Gasteiger charge is 2.28. The minimum absolute atomic E-state index is 0.484. The van der Waals surface area contributed by atoms with Crippen molar-refractivity contribution in [2.24, 2.45) is 0 Å². The summed E-state index contributed by atoms with van der Waals surface area (Å²) in [6.45, 7) is 3.91. The van der Waals surface area contributed by atoms with Gasteiger partial charge >= 0.3 is 0 Å². The maximum Gasteiger partial charge on any atom is 0.0775 e. The molecule has 1 aliphatic heterocycles. The second-order valence-electron chi connectivity index (χ2n) is 4.99. The summed E-state index contributed by atoms with van der Waals surface area (Å²) in [7, 11) is 0. The van der Waals surface area contributed by atoms with Crippen LogP contribution >= 0.6 is 0 Å². The Morgan fingerprint density at radius 2 is 2.31 bits per heavy atom. The van der Waals surface area contributed by atoms with E-state index < -0.39 is 5.60 Å². The van der Waals surface area contributed by atoms with Crippen LogP contribution in [0.1, 0.15) is 30.4 Å². The number of nitrogens with one attached hydrogen (secondary N) is 1. The van der Waals surface area contributed by atoms with Crippen molar-refractivity contribution in [3.8, 4) is 0 Å². The van der Waals surface area contributed by atoms with Gasteiger partial charge in [-0.3, -0.25) is 0 Å². The second kappa shape index (κ2) is 4.98. The molecule has 1 saturated heterocycles. The smallest absolute Gasteiger partial charge is 0.0775 e. The van der Waals surface area contributed by atoms with Gasteiger partial charge in [0, 0.05) is 6.54 Å². The van der Waals surface area contributed by atoms with E-state index in [0.717, 1.165) is 38.8 Å². The van der Waals surface area contributed by atoms with Crippen LogP contribution in [0, 0.1) is 6.92 Å². The molecule has 0 aliphatic carbocycles. The third kappa shape index (κ3) is 3.06. The number of benzene rings is 1. The summed E-state index contributed by atoms with van der Waals surface area (Å²) < 4.78 is 0. The molecular formula is C14H21NO. The molecule has 0 amide bonds. The first kappa shape index (κ1) is 11.6. The maximum absolute atomic E-state index is 10.3. The molecule has 1 aromatic rings. The van der Waals surface area contributed by atoms with Gasteiger partial charge < -0.3 is 10.4 Å². The van der Waals surface area contributed by atoms with Crippen LogP contribution in [0.2, 0.25) is 0 Å². The molecule has 1 unspecified atom stereocenters. The average Bonchev–Trinajstić information content (AvgIpc) is 2.28. The van der Waals surface area contributed by atoms with Gasteiger partial charge in [0.15, 0.2) is 0 Å². The zero-order chi connectivity index (χ0) is 11.4. The fourth-order valence-electron chi connectivity index (χ4n) is 2.41. The minimum Gasteiger partial charge on any atom is -0.389 e. The Morgan fingerprint density at radius 3 is 3.00 bits per heavy atom. The van der Waals surface area contributed by atoms with Gasteiger partial charge in [0.25, 0.3) is 0 Å². The lowest BCUT2D eigenvalue weighted by atomic mass is 9.88. The summed E-state index contributed by atoms with van der Waals surface area (Å²) in [5.41, 5.74) is 2.15. The van der Waals surface area contributed by atoms with Crippen molar-refractivity contribution in [2.75, 3.05) is 13.1 Å². The van der Waals surface area contributed by atoms with Crippen LogP contribution in [-0.4, -0.2) is 23.8 Å². The molecule has 0 radical (unpaired) electrons. The lowest BCUT2D eigenvalue weighted by Crippen LogP contribution is -2.45. The lowest BCUT2D eigenvalue weighted by Gasteiger charge is -2.32. The van der Waals surface area contributed by atoms with Crippen LogP contribution in [0.4, 0.5) is 0 Å². The molecule has 0 saturated carbocycles. The predicted octanol–water partition coefficient (Wildman–Crippen LogP) is 2.04.